The second kappa shape index (κ2) is 9.50. The molecule has 1 aliphatic heterocycles. The van der Waals surface area contributed by atoms with Crippen molar-refractivity contribution in [2.24, 2.45) is 0 Å². The number of rotatable bonds is 4. The first-order valence-electron chi connectivity index (χ1n) is 6.74. The first-order valence-corrected chi connectivity index (χ1v) is 9.15. The minimum Gasteiger partial charge on any atom is -0.320 e. The highest BCUT2D eigenvalue weighted by Crippen LogP contribution is 2.60. The van der Waals surface area contributed by atoms with Gasteiger partial charge in [0.2, 0.25) is 0 Å². The highest BCUT2D eigenvalue weighted by atomic mass is 79.9. The van der Waals surface area contributed by atoms with E-state index in [2.05, 4.69) is 25.7 Å². The number of halogens is 5. The first-order chi connectivity index (χ1) is 10.1. The van der Waals surface area contributed by atoms with Crippen molar-refractivity contribution in [3.05, 3.63) is 33.8 Å². The van der Waals surface area contributed by atoms with Crippen molar-refractivity contribution in [1.82, 2.24) is 9.80 Å². The Morgan fingerprint density at radius 1 is 1.21 bits per heavy atom. The first kappa shape index (κ1) is 24.6. The van der Waals surface area contributed by atoms with Crippen molar-refractivity contribution >= 4 is 57.5 Å². The van der Waals surface area contributed by atoms with E-state index in [1.807, 2.05) is 7.05 Å². The van der Waals surface area contributed by atoms with Gasteiger partial charge in [0.1, 0.15) is 0 Å². The van der Waals surface area contributed by atoms with E-state index in [0.717, 1.165) is 37.8 Å². The maximum Gasteiger partial charge on any atom is 0.399 e. The van der Waals surface area contributed by atoms with Crippen LogP contribution in [0.15, 0.2) is 22.7 Å². The Kier molecular flexibility index (Phi) is 9.74. The van der Waals surface area contributed by atoms with Gasteiger partial charge in [0.25, 0.3) is 0 Å². The minimum absolute atomic E-state index is 0. The molecule has 0 atom stereocenters. The van der Waals surface area contributed by atoms with Crippen molar-refractivity contribution in [3.8, 4) is 0 Å². The number of alkyl halides is 2. The third-order valence-electron chi connectivity index (χ3n) is 3.73. The van der Waals surface area contributed by atoms with Crippen LogP contribution in [0.3, 0.4) is 0 Å². The van der Waals surface area contributed by atoms with Gasteiger partial charge in [-0.2, -0.15) is 8.78 Å². The predicted molar refractivity (Wildman–Crippen MR) is 103 cm³/mol. The lowest BCUT2D eigenvalue weighted by atomic mass is 10.1. The summed E-state index contributed by atoms with van der Waals surface area (Å²) < 4.78 is 38.5. The van der Waals surface area contributed by atoms with Crippen molar-refractivity contribution < 1.29 is 23.1 Å². The van der Waals surface area contributed by atoms with Crippen LogP contribution in [0.25, 0.3) is 0 Å². The zero-order valence-corrected chi connectivity index (χ0v) is 18.8. The van der Waals surface area contributed by atoms with Crippen LogP contribution < -0.4 is 0 Å². The van der Waals surface area contributed by atoms with Crippen LogP contribution in [0, 0.1) is 0 Å². The van der Waals surface area contributed by atoms with Gasteiger partial charge >= 0.3 is 13.3 Å². The van der Waals surface area contributed by atoms with Crippen molar-refractivity contribution in [2.75, 3.05) is 33.2 Å². The fourth-order valence-corrected chi connectivity index (χ4v) is 3.66. The largest absolute Gasteiger partial charge is 0.399 e. The molecule has 0 aromatic heterocycles. The van der Waals surface area contributed by atoms with E-state index < -0.39 is 18.8 Å². The Balaban J connectivity index is 0.00000264. The summed E-state index contributed by atoms with van der Waals surface area (Å²) >= 11 is 3.00. The molecule has 0 saturated carbocycles. The third-order valence-corrected chi connectivity index (χ3v) is 5.35. The van der Waals surface area contributed by atoms with Crippen molar-refractivity contribution in [2.45, 2.75) is 12.2 Å². The van der Waals surface area contributed by atoms with E-state index in [9.17, 15) is 13.3 Å². The molecule has 2 rings (SSSR count). The van der Waals surface area contributed by atoms with Gasteiger partial charge in [-0.1, -0.05) is 28.1 Å². The molecule has 1 fully saturated rings. The molecular formula is C13H20Br3F2N2O3P. The molecule has 1 aliphatic rings. The van der Waals surface area contributed by atoms with Crippen molar-refractivity contribution in [1.29, 1.82) is 0 Å². The van der Waals surface area contributed by atoms with E-state index in [-0.39, 0.29) is 38.4 Å². The number of nitrogens with zero attached hydrogens (tertiary/aromatic N) is 2. The summed E-state index contributed by atoms with van der Waals surface area (Å²) in [5.74, 6) is 0. The van der Waals surface area contributed by atoms with Gasteiger partial charge in [0.15, 0.2) is 0 Å². The molecule has 1 saturated heterocycles. The van der Waals surface area contributed by atoms with Crippen LogP contribution in [0.2, 0.25) is 0 Å². The summed E-state index contributed by atoms with van der Waals surface area (Å²) in [6.07, 6.45) is 0. The summed E-state index contributed by atoms with van der Waals surface area (Å²) in [6.45, 7) is 4.32. The summed E-state index contributed by atoms with van der Waals surface area (Å²) in [4.78, 5) is 22.0. The Labute approximate surface area is 169 Å². The quantitative estimate of drug-likeness (QED) is 0.551. The summed E-state index contributed by atoms with van der Waals surface area (Å²) in [6, 6.07) is 4.06. The van der Waals surface area contributed by atoms with E-state index in [4.69, 9.17) is 9.79 Å². The van der Waals surface area contributed by atoms with Crippen LogP contribution in [0.4, 0.5) is 8.78 Å². The van der Waals surface area contributed by atoms with Gasteiger partial charge in [-0.15, -0.1) is 34.0 Å². The van der Waals surface area contributed by atoms with Gasteiger partial charge in [-0.05, 0) is 18.7 Å². The third kappa shape index (κ3) is 5.81. The number of likely N-dealkylation sites (N-methyl/N-ethyl adjacent to an activating group) is 1. The van der Waals surface area contributed by atoms with Crippen LogP contribution in [-0.2, 0) is 16.8 Å². The molecule has 1 aromatic rings. The molecule has 0 radical (unpaired) electrons. The second-order valence-electron chi connectivity index (χ2n) is 5.48. The summed E-state index contributed by atoms with van der Waals surface area (Å²) in [5, 5.41) is 0. The molecule has 0 spiro atoms. The van der Waals surface area contributed by atoms with E-state index in [1.54, 1.807) is 0 Å². The summed E-state index contributed by atoms with van der Waals surface area (Å²) in [7, 11) is -3.51. The zero-order chi connectivity index (χ0) is 16.5. The fraction of sp³-hybridized carbons (Fsp3) is 0.538. The lowest BCUT2D eigenvalue weighted by Gasteiger charge is -2.32. The number of benzene rings is 1. The highest BCUT2D eigenvalue weighted by molar-refractivity contribution is 9.10. The number of hydrogen-bond acceptors (Lipinski definition) is 3. The highest BCUT2D eigenvalue weighted by Gasteiger charge is 2.51. The van der Waals surface area contributed by atoms with Crippen molar-refractivity contribution in [3.63, 3.8) is 0 Å². The Morgan fingerprint density at radius 3 is 2.21 bits per heavy atom. The lowest BCUT2D eigenvalue weighted by Crippen LogP contribution is -2.43. The van der Waals surface area contributed by atoms with Gasteiger partial charge in [0, 0.05) is 42.8 Å². The average molecular weight is 561 g/mol. The standard InChI is InChI=1S/C13H18BrF2N2O3P.2BrH/c1-17-4-6-18(7-5-17)9-10-2-3-11(12(14)8-10)13(15,16)22(19,20)21;;/h2-3,8H,4-7,9H2,1H3,(H2,19,20,21);2*1H. The molecule has 0 aliphatic carbocycles. The molecule has 24 heavy (non-hydrogen) atoms. The monoisotopic (exact) mass is 558 g/mol. The maximum absolute atomic E-state index is 13.7. The van der Waals surface area contributed by atoms with Crippen LogP contribution in [0.5, 0.6) is 0 Å². The van der Waals surface area contributed by atoms with Gasteiger partial charge < -0.3 is 14.7 Å². The fourth-order valence-electron chi connectivity index (χ4n) is 2.32. The van der Waals surface area contributed by atoms with Gasteiger partial charge in [-0.3, -0.25) is 9.46 Å². The molecule has 11 heteroatoms. The normalized spacial score (nSPS) is 17.1. The van der Waals surface area contributed by atoms with Gasteiger partial charge in [-0.25, -0.2) is 0 Å². The zero-order valence-electron chi connectivity index (χ0n) is 12.9. The molecule has 5 nitrogen and oxygen atoms in total. The van der Waals surface area contributed by atoms with Crippen LogP contribution in [0.1, 0.15) is 11.1 Å². The summed E-state index contributed by atoms with van der Waals surface area (Å²) in [5.41, 5.74) is -4.07. The Hall–Kier alpha value is 0.590. The average Bonchev–Trinajstić information content (AvgIpc) is 2.40. The van der Waals surface area contributed by atoms with Crippen LogP contribution >= 0.6 is 57.5 Å². The molecule has 1 heterocycles. The van der Waals surface area contributed by atoms with E-state index in [1.165, 1.54) is 12.1 Å². The number of hydrogen-bond donors (Lipinski definition) is 2. The van der Waals surface area contributed by atoms with Gasteiger partial charge in [0.05, 0.1) is 0 Å². The van der Waals surface area contributed by atoms with Crippen LogP contribution in [-0.4, -0.2) is 52.8 Å². The molecular weight excluding hydrogens is 541 g/mol. The molecule has 2 N–H and O–H groups in total. The molecule has 0 unspecified atom stereocenters. The minimum atomic E-state index is -5.55. The molecule has 1 aromatic carbocycles. The Morgan fingerprint density at radius 2 is 1.75 bits per heavy atom. The smallest absolute Gasteiger partial charge is 0.320 e. The maximum atomic E-state index is 13.7. The number of piperazine rings is 1. The molecule has 0 amide bonds. The van der Waals surface area contributed by atoms with E-state index in [0.29, 0.717) is 6.54 Å². The SMILES string of the molecule is Br.Br.CN1CCN(Cc2ccc(C(F)(F)P(=O)(O)O)c(Br)c2)CC1. The lowest BCUT2D eigenvalue weighted by molar-refractivity contribution is 0.0557. The predicted octanol–water partition coefficient (Wildman–Crippen LogP) is 3.58. The Bertz CT molecular complexity index is 596. The van der Waals surface area contributed by atoms with E-state index >= 15 is 0 Å². The second-order valence-corrected chi connectivity index (χ2v) is 7.98. The topological polar surface area (TPSA) is 64.0 Å². The molecule has 0 bridgehead atoms. The molecule has 140 valence electrons.